The maximum atomic E-state index is 13.3. The van der Waals surface area contributed by atoms with Gasteiger partial charge in [-0.3, -0.25) is 4.79 Å². The average Bonchev–Trinajstić information content (AvgIpc) is 2.81. The molecule has 0 atom stereocenters. The van der Waals surface area contributed by atoms with E-state index < -0.39 is 40.6 Å². The van der Waals surface area contributed by atoms with Crippen molar-refractivity contribution in [1.82, 2.24) is 0 Å². The first-order chi connectivity index (χ1) is 17.7. The second-order valence-corrected chi connectivity index (χ2v) is 9.41. The van der Waals surface area contributed by atoms with Gasteiger partial charge < -0.3 is 24.4 Å². The minimum Gasteiger partial charge on any atom is -0.506 e. The van der Waals surface area contributed by atoms with E-state index in [1.165, 1.54) is 7.11 Å². The van der Waals surface area contributed by atoms with Crippen LogP contribution in [-0.4, -0.2) is 34.9 Å². The van der Waals surface area contributed by atoms with Gasteiger partial charge in [-0.15, -0.1) is 0 Å². The number of benzene rings is 3. The maximum Gasteiger partial charge on any atom is 0.419 e. The predicted octanol–water partition coefficient (Wildman–Crippen LogP) is 6.25. The molecule has 0 fully saturated rings. The number of hydrogen-bond acceptors (Lipinski definition) is 6. The second kappa shape index (κ2) is 11.0. The van der Waals surface area contributed by atoms with Crippen LogP contribution in [0.1, 0.15) is 47.8 Å². The third-order valence-corrected chi connectivity index (χ3v) is 5.38. The molecule has 3 aromatic carbocycles. The van der Waals surface area contributed by atoms with E-state index in [-0.39, 0.29) is 18.6 Å². The number of esters is 1. The number of hydrogen-bond donors (Lipinski definition) is 2. The normalized spacial score (nSPS) is 11.7. The molecular weight excluding hydrogens is 505 g/mol. The quantitative estimate of drug-likeness (QED) is 0.331. The number of carbonyl (C=O) groups excluding carboxylic acids is 1. The molecule has 0 aliphatic rings. The molecule has 0 saturated carbocycles. The average molecular weight is 533 g/mol. The highest BCUT2D eigenvalue weighted by Crippen LogP contribution is 2.39. The maximum absolute atomic E-state index is 13.3. The molecule has 3 aromatic rings. The van der Waals surface area contributed by atoms with E-state index in [0.717, 1.165) is 17.2 Å². The van der Waals surface area contributed by atoms with E-state index >= 15 is 0 Å². The summed E-state index contributed by atoms with van der Waals surface area (Å²) in [6.07, 6.45) is -5.05. The number of phenolic OH excluding ortho intramolecular Hbond substituents is 1. The molecule has 10 heteroatoms. The summed E-state index contributed by atoms with van der Waals surface area (Å²) >= 11 is 0. The number of ether oxygens (including phenoxy) is 3. The third kappa shape index (κ3) is 6.96. The minimum atomic E-state index is -4.87. The number of aromatic hydroxyl groups is 1. The molecule has 38 heavy (non-hydrogen) atoms. The van der Waals surface area contributed by atoms with Gasteiger partial charge in [0, 0.05) is 11.1 Å². The number of alkyl halides is 3. The Bertz CT molecular complexity index is 1320. The van der Waals surface area contributed by atoms with Crippen molar-refractivity contribution >= 4 is 11.9 Å². The van der Waals surface area contributed by atoms with E-state index in [2.05, 4.69) is 0 Å². The van der Waals surface area contributed by atoms with E-state index in [4.69, 9.17) is 19.3 Å². The van der Waals surface area contributed by atoms with Gasteiger partial charge in [0.25, 0.3) is 0 Å². The topological polar surface area (TPSA) is 102 Å². The van der Waals surface area contributed by atoms with E-state index in [1.807, 2.05) is 0 Å². The van der Waals surface area contributed by atoms with Crippen LogP contribution in [0, 0.1) is 0 Å². The van der Waals surface area contributed by atoms with Crippen molar-refractivity contribution < 1.29 is 47.2 Å². The molecule has 7 nitrogen and oxygen atoms in total. The van der Waals surface area contributed by atoms with Gasteiger partial charge in [-0.1, -0.05) is 30.3 Å². The molecule has 0 amide bonds. The summed E-state index contributed by atoms with van der Waals surface area (Å²) in [5, 5.41) is 19.4. The first kappa shape index (κ1) is 28.4. The van der Waals surface area contributed by atoms with Crippen molar-refractivity contribution in [3.8, 4) is 28.4 Å². The second-order valence-electron chi connectivity index (χ2n) is 9.41. The Morgan fingerprint density at radius 1 is 0.895 bits per heavy atom. The van der Waals surface area contributed by atoms with Crippen LogP contribution in [0.3, 0.4) is 0 Å². The molecule has 3 rings (SSSR count). The Balaban J connectivity index is 1.84. The largest absolute Gasteiger partial charge is 0.506 e. The molecule has 0 aliphatic carbocycles. The molecule has 0 bridgehead atoms. The van der Waals surface area contributed by atoms with Crippen LogP contribution >= 0.6 is 0 Å². The fourth-order valence-electron chi connectivity index (χ4n) is 3.68. The summed E-state index contributed by atoms with van der Waals surface area (Å²) in [7, 11) is 1.45. The summed E-state index contributed by atoms with van der Waals surface area (Å²) in [4.78, 5) is 23.7. The van der Waals surface area contributed by atoms with Crippen molar-refractivity contribution in [2.45, 2.75) is 45.6 Å². The summed E-state index contributed by atoms with van der Waals surface area (Å²) < 4.78 is 56.2. The Morgan fingerprint density at radius 2 is 1.50 bits per heavy atom. The van der Waals surface area contributed by atoms with E-state index in [9.17, 15) is 27.9 Å². The van der Waals surface area contributed by atoms with Gasteiger partial charge in [-0.05, 0) is 56.2 Å². The van der Waals surface area contributed by atoms with Gasteiger partial charge in [0.2, 0.25) is 0 Å². The first-order valence-electron chi connectivity index (χ1n) is 11.5. The molecular formula is C28H27F3O7. The van der Waals surface area contributed by atoms with Gasteiger partial charge in [0.15, 0.2) is 0 Å². The monoisotopic (exact) mass is 532 g/mol. The number of phenols is 1. The van der Waals surface area contributed by atoms with Crippen molar-refractivity contribution in [3.63, 3.8) is 0 Å². The fraction of sp³-hybridized carbons (Fsp3) is 0.286. The summed E-state index contributed by atoms with van der Waals surface area (Å²) in [6, 6.07) is 13.6. The zero-order chi connectivity index (χ0) is 28.3. The Morgan fingerprint density at radius 3 is 2.05 bits per heavy atom. The highest BCUT2D eigenvalue weighted by molar-refractivity contribution is 5.95. The third-order valence-electron chi connectivity index (χ3n) is 5.38. The van der Waals surface area contributed by atoms with Crippen LogP contribution in [0.15, 0.2) is 54.6 Å². The van der Waals surface area contributed by atoms with Crippen molar-refractivity contribution in [2.75, 3.05) is 7.11 Å². The fourth-order valence-corrected chi connectivity index (χ4v) is 3.68. The van der Waals surface area contributed by atoms with E-state index in [0.29, 0.717) is 23.1 Å². The molecule has 202 valence electrons. The highest BCUT2D eigenvalue weighted by atomic mass is 19.4. The van der Waals surface area contributed by atoms with Gasteiger partial charge in [-0.2, -0.15) is 13.2 Å². The molecule has 0 spiro atoms. The van der Waals surface area contributed by atoms with Crippen LogP contribution in [0.2, 0.25) is 0 Å². The zero-order valence-electron chi connectivity index (χ0n) is 21.2. The Hall–Kier alpha value is -4.21. The Kier molecular flexibility index (Phi) is 8.24. The summed E-state index contributed by atoms with van der Waals surface area (Å²) in [5.41, 5.74) is -0.866. The lowest BCUT2D eigenvalue weighted by Crippen LogP contribution is -2.25. The van der Waals surface area contributed by atoms with Crippen molar-refractivity contribution in [1.29, 1.82) is 0 Å². The number of carboxylic acid groups (broad SMARTS) is 1. The molecule has 2 N–H and O–H groups in total. The number of halogens is 3. The number of carbonyl (C=O) groups is 2. The number of carboxylic acids is 1. The SMILES string of the molecule is COc1cc(-c2ccc(OCc3ccc(C(F)(F)F)c(O)c3C(=O)OC(C)(C)C)cc2)ccc1CC(=O)O. The highest BCUT2D eigenvalue weighted by Gasteiger charge is 2.37. The van der Waals surface area contributed by atoms with Gasteiger partial charge in [0.05, 0.1) is 19.1 Å². The van der Waals surface area contributed by atoms with Crippen LogP contribution < -0.4 is 9.47 Å². The van der Waals surface area contributed by atoms with Gasteiger partial charge >= 0.3 is 18.1 Å². The molecule has 0 unspecified atom stereocenters. The van der Waals surface area contributed by atoms with Crippen molar-refractivity contribution in [2.24, 2.45) is 0 Å². The minimum absolute atomic E-state index is 0.0209. The van der Waals surface area contributed by atoms with Crippen LogP contribution in [0.25, 0.3) is 11.1 Å². The van der Waals surface area contributed by atoms with Crippen LogP contribution in [0.4, 0.5) is 13.2 Å². The number of rotatable bonds is 8. The molecule has 0 radical (unpaired) electrons. The smallest absolute Gasteiger partial charge is 0.419 e. The van der Waals surface area contributed by atoms with E-state index in [1.54, 1.807) is 63.2 Å². The van der Waals surface area contributed by atoms with Gasteiger partial charge in [0.1, 0.15) is 35.0 Å². The predicted molar refractivity (Wildman–Crippen MR) is 132 cm³/mol. The Labute approximate surface area is 217 Å². The molecule has 0 aromatic heterocycles. The number of methoxy groups -OCH3 is 1. The zero-order valence-corrected chi connectivity index (χ0v) is 21.2. The summed E-state index contributed by atoms with van der Waals surface area (Å²) in [6.45, 7) is 4.37. The molecule has 0 heterocycles. The summed E-state index contributed by atoms with van der Waals surface area (Å²) in [5.74, 6) is -2.51. The molecule has 0 saturated heterocycles. The standard InChI is InChI=1S/C28H27F3O7/c1-27(2,3)38-26(35)24-19(9-12-21(25(24)34)28(29,30)31)15-37-20-10-7-16(8-11-20)17-5-6-18(14-23(32)33)22(13-17)36-4/h5-13,34H,14-15H2,1-4H3,(H,32,33). The molecule has 0 aliphatic heterocycles. The lowest BCUT2D eigenvalue weighted by Gasteiger charge is -2.22. The van der Waals surface area contributed by atoms with Crippen LogP contribution in [-0.2, 0) is 28.7 Å². The van der Waals surface area contributed by atoms with Gasteiger partial charge in [-0.25, -0.2) is 4.79 Å². The lowest BCUT2D eigenvalue weighted by molar-refractivity contribution is -0.139. The lowest BCUT2D eigenvalue weighted by atomic mass is 10.0. The first-order valence-corrected chi connectivity index (χ1v) is 11.5. The van der Waals surface area contributed by atoms with Crippen molar-refractivity contribution in [3.05, 3.63) is 76.9 Å². The van der Waals surface area contributed by atoms with Crippen LogP contribution in [0.5, 0.6) is 17.2 Å². The number of aliphatic carboxylic acids is 1.